The van der Waals surface area contributed by atoms with E-state index in [2.05, 4.69) is 21.3 Å². The minimum Gasteiger partial charge on any atom is -0.458 e. The van der Waals surface area contributed by atoms with Gasteiger partial charge >= 0.3 is 18.2 Å². The first-order valence-electron chi connectivity index (χ1n) is 18.8. The normalized spacial score (nSPS) is 12.6. The number of nitrogens with two attached hydrogens (primary N) is 1. The van der Waals surface area contributed by atoms with Crippen molar-refractivity contribution in [2.24, 2.45) is 5.73 Å². The van der Waals surface area contributed by atoms with Crippen molar-refractivity contribution in [3.05, 3.63) is 35.9 Å². The molecule has 2 unspecified atom stereocenters. The van der Waals surface area contributed by atoms with E-state index in [9.17, 15) is 24.0 Å². The third-order valence-electron chi connectivity index (χ3n) is 7.14. The summed E-state index contributed by atoms with van der Waals surface area (Å²) in [5.41, 5.74) is 5.16. The van der Waals surface area contributed by atoms with Crippen LogP contribution in [0.4, 0.5) is 9.59 Å². The van der Waals surface area contributed by atoms with Gasteiger partial charge in [-0.15, -0.1) is 0 Å². The highest BCUT2D eigenvalue weighted by Gasteiger charge is 2.29. The molecular formula is C38H65N5O11. The molecule has 0 radical (unpaired) electrons. The van der Waals surface area contributed by atoms with Crippen LogP contribution in [0.5, 0.6) is 0 Å². The zero-order valence-corrected chi connectivity index (χ0v) is 33.1. The van der Waals surface area contributed by atoms with Crippen LogP contribution >= 0.6 is 0 Å². The lowest BCUT2D eigenvalue weighted by atomic mass is 10.1. The molecule has 16 nitrogen and oxygen atoms in total. The van der Waals surface area contributed by atoms with Gasteiger partial charge in [0.2, 0.25) is 11.8 Å². The van der Waals surface area contributed by atoms with Gasteiger partial charge in [0.15, 0.2) is 0 Å². The first kappa shape index (κ1) is 48.0. The van der Waals surface area contributed by atoms with Crippen molar-refractivity contribution in [2.45, 2.75) is 116 Å². The van der Waals surface area contributed by atoms with Gasteiger partial charge in [-0.2, -0.15) is 0 Å². The fraction of sp³-hybridized carbons (Fsp3) is 0.711. The average molecular weight is 768 g/mol. The minimum absolute atomic E-state index is 0.000131. The molecule has 0 bridgehead atoms. The second-order valence-electron chi connectivity index (χ2n) is 14.5. The number of hydrogen-bond donors (Lipinski definition) is 5. The van der Waals surface area contributed by atoms with Gasteiger partial charge in [-0.05, 0) is 92.2 Å². The first-order valence-corrected chi connectivity index (χ1v) is 18.8. The molecule has 2 atom stereocenters. The van der Waals surface area contributed by atoms with Crippen LogP contribution in [-0.4, -0.2) is 113 Å². The maximum Gasteiger partial charge on any atom is 0.407 e. The summed E-state index contributed by atoms with van der Waals surface area (Å²) in [5.74, 6) is -1.47. The molecule has 16 heteroatoms. The maximum absolute atomic E-state index is 13.5. The highest BCUT2D eigenvalue weighted by molar-refractivity contribution is 5.90. The van der Waals surface area contributed by atoms with Crippen molar-refractivity contribution in [3.63, 3.8) is 0 Å². The Morgan fingerprint density at radius 2 is 1.22 bits per heavy atom. The Hall–Kier alpha value is -3.99. The number of benzene rings is 1. The van der Waals surface area contributed by atoms with Crippen LogP contribution in [0.15, 0.2) is 30.3 Å². The molecule has 0 fully saturated rings. The Bertz CT molecular complexity index is 1220. The quantitative estimate of drug-likeness (QED) is 0.0495. The molecule has 1 aromatic rings. The zero-order chi connectivity index (χ0) is 40.2. The fourth-order valence-corrected chi connectivity index (χ4v) is 4.61. The highest BCUT2D eigenvalue weighted by atomic mass is 16.6. The summed E-state index contributed by atoms with van der Waals surface area (Å²) in [6, 6.07) is 7.54. The third-order valence-corrected chi connectivity index (χ3v) is 7.14. The number of ether oxygens (including phenoxy) is 6. The van der Waals surface area contributed by atoms with Gasteiger partial charge in [0.05, 0.1) is 39.6 Å². The molecule has 4 amide bonds. The van der Waals surface area contributed by atoms with Crippen molar-refractivity contribution < 1.29 is 52.4 Å². The number of alkyl carbamates (subject to hydrolysis) is 2. The lowest BCUT2D eigenvalue weighted by Crippen LogP contribution is -2.52. The Labute approximate surface area is 320 Å². The average Bonchev–Trinajstić information content (AvgIpc) is 3.09. The second-order valence-corrected chi connectivity index (χ2v) is 14.5. The number of nitrogens with one attached hydrogen (secondary N) is 4. The molecule has 0 aliphatic rings. The number of esters is 1. The van der Waals surface area contributed by atoms with Gasteiger partial charge in [-0.1, -0.05) is 30.3 Å². The Morgan fingerprint density at radius 1 is 0.648 bits per heavy atom. The maximum atomic E-state index is 13.5. The SMILES string of the molecule is CC(C)(C)OC(=O)NCCCCC(NC(=O)CCOCCOCCOCCNC(=O)OCc1ccccc1)C(=O)NC(CCCCN)C(=O)OC(C)(C)C. The third kappa shape index (κ3) is 26.7. The highest BCUT2D eigenvalue weighted by Crippen LogP contribution is 2.13. The molecule has 0 saturated heterocycles. The summed E-state index contributed by atoms with van der Waals surface area (Å²) >= 11 is 0. The zero-order valence-electron chi connectivity index (χ0n) is 33.1. The van der Waals surface area contributed by atoms with Crippen LogP contribution in [0.1, 0.15) is 92.1 Å². The van der Waals surface area contributed by atoms with Crippen LogP contribution in [0, 0.1) is 0 Å². The van der Waals surface area contributed by atoms with Gasteiger partial charge < -0.3 is 55.4 Å². The second kappa shape index (κ2) is 27.6. The lowest BCUT2D eigenvalue weighted by molar-refractivity contribution is -0.159. The van der Waals surface area contributed by atoms with E-state index < -0.39 is 53.3 Å². The molecule has 0 saturated carbocycles. The van der Waals surface area contributed by atoms with Crippen LogP contribution in [0.2, 0.25) is 0 Å². The topological polar surface area (TPSA) is 215 Å². The van der Waals surface area contributed by atoms with Gasteiger partial charge in [-0.25, -0.2) is 14.4 Å². The molecule has 6 N–H and O–H groups in total. The molecular weight excluding hydrogens is 702 g/mol. The monoisotopic (exact) mass is 767 g/mol. The van der Waals surface area contributed by atoms with E-state index in [-0.39, 0.29) is 39.3 Å². The molecule has 308 valence electrons. The predicted molar refractivity (Wildman–Crippen MR) is 202 cm³/mol. The predicted octanol–water partition coefficient (Wildman–Crippen LogP) is 3.49. The van der Waals surface area contributed by atoms with Gasteiger partial charge in [0, 0.05) is 19.5 Å². The van der Waals surface area contributed by atoms with Gasteiger partial charge in [-0.3, -0.25) is 9.59 Å². The molecule has 0 aliphatic heterocycles. The fourth-order valence-electron chi connectivity index (χ4n) is 4.61. The number of carbonyl (C=O) groups excluding carboxylic acids is 5. The van der Waals surface area contributed by atoms with E-state index in [1.807, 2.05) is 30.3 Å². The minimum atomic E-state index is -0.933. The molecule has 0 aromatic heterocycles. The number of amides is 4. The van der Waals surface area contributed by atoms with Crippen LogP contribution in [0.25, 0.3) is 0 Å². The Balaban J connectivity index is 2.44. The Morgan fingerprint density at radius 3 is 1.85 bits per heavy atom. The van der Waals surface area contributed by atoms with E-state index >= 15 is 0 Å². The van der Waals surface area contributed by atoms with Crippen molar-refractivity contribution >= 4 is 30.0 Å². The number of unbranched alkanes of at least 4 members (excludes halogenated alkanes) is 2. The molecule has 54 heavy (non-hydrogen) atoms. The molecule has 0 aliphatic carbocycles. The van der Waals surface area contributed by atoms with Crippen LogP contribution < -0.4 is 27.0 Å². The lowest BCUT2D eigenvalue weighted by Gasteiger charge is -2.26. The Kier molecular flexibility index (Phi) is 24.5. The number of carbonyl (C=O) groups is 5. The van der Waals surface area contributed by atoms with E-state index in [0.29, 0.717) is 71.6 Å². The molecule has 1 aromatic carbocycles. The summed E-state index contributed by atoms with van der Waals surface area (Å²) in [5, 5.41) is 10.8. The van der Waals surface area contributed by atoms with Gasteiger partial charge in [0.25, 0.3) is 0 Å². The van der Waals surface area contributed by atoms with E-state index in [1.165, 1.54) is 0 Å². The standard InChI is InChI=1S/C38H65N5O11/c1-37(2,3)53-34(46)31(17-10-12-19-39)43-33(45)30(16-11-13-20-40-36(48)54-38(4,5)6)42-32(44)18-22-49-24-26-51-27-25-50-23-21-41-35(47)52-28-29-14-8-7-9-15-29/h7-9,14-15,30-31H,10-13,16-28,39H2,1-6H3,(H,40,48)(H,41,47)(H,42,44)(H,43,45). The van der Waals surface area contributed by atoms with Crippen molar-refractivity contribution in [3.8, 4) is 0 Å². The summed E-state index contributed by atoms with van der Waals surface area (Å²) in [6.07, 6.45) is 1.85. The number of rotatable bonds is 27. The molecule has 0 heterocycles. The van der Waals surface area contributed by atoms with E-state index in [0.717, 1.165) is 5.56 Å². The first-order chi connectivity index (χ1) is 25.6. The van der Waals surface area contributed by atoms with E-state index in [4.69, 9.17) is 34.2 Å². The van der Waals surface area contributed by atoms with Crippen molar-refractivity contribution in [1.82, 2.24) is 21.3 Å². The molecule has 1 rings (SSSR count). The number of hydrogen-bond acceptors (Lipinski definition) is 12. The summed E-state index contributed by atoms with van der Waals surface area (Å²) in [6.45, 7) is 13.4. The smallest absolute Gasteiger partial charge is 0.407 e. The van der Waals surface area contributed by atoms with Crippen molar-refractivity contribution in [1.29, 1.82) is 0 Å². The summed E-state index contributed by atoms with van der Waals surface area (Å²) in [4.78, 5) is 63.0. The van der Waals surface area contributed by atoms with E-state index in [1.54, 1.807) is 41.5 Å². The van der Waals surface area contributed by atoms with Crippen molar-refractivity contribution in [2.75, 3.05) is 59.3 Å². The summed E-state index contributed by atoms with van der Waals surface area (Å²) < 4.78 is 32.4. The summed E-state index contributed by atoms with van der Waals surface area (Å²) in [7, 11) is 0. The van der Waals surface area contributed by atoms with Crippen LogP contribution in [0.3, 0.4) is 0 Å². The molecule has 0 spiro atoms. The van der Waals surface area contributed by atoms with Crippen LogP contribution in [-0.2, 0) is 49.4 Å². The van der Waals surface area contributed by atoms with Gasteiger partial charge in [0.1, 0.15) is 29.9 Å². The largest absolute Gasteiger partial charge is 0.458 e.